The third-order valence-corrected chi connectivity index (χ3v) is 4.11. The van der Waals surface area contributed by atoms with Gasteiger partial charge in [-0.1, -0.05) is 0 Å². The highest BCUT2D eigenvalue weighted by Crippen LogP contribution is 2.36. The average Bonchev–Trinajstić information content (AvgIpc) is 2.37. The van der Waals surface area contributed by atoms with Crippen LogP contribution in [0, 0.1) is 11.8 Å². The number of carbonyl (C=O) groups excluding carboxylic acids is 1. The standard InChI is InChI=1S/C13H22F2N2O/c14-13(15)5-1-11(2-6-13)12(18)17-9-10-3-7-16-8-4-10/h10-11,16H,1-9H2,(H,17,18). The molecule has 5 heteroatoms. The van der Waals surface area contributed by atoms with Crippen LogP contribution in [0.4, 0.5) is 8.78 Å². The Morgan fingerprint density at radius 3 is 2.39 bits per heavy atom. The summed E-state index contributed by atoms with van der Waals surface area (Å²) in [5.41, 5.74) is 0. The van der Waals surface area contributed by atoms with Crippen LogP contribution in [-0.4, -0.2) is 31.5 Å². The van der Waals surface area contributed by atoms with Gasteiger partial charge in [-0.25, -0.2) is 8.78 Å². The van der Waals surface area contributed by atoms with Crippen LogP contribution >= 0.6 is 0 Å². The maximum Gasteiger partial charge on any atom is 0.248 e. The highest BCUT2D eigenvalue weighted by molar-refractivity contribution is 5.78. The number of rotatable bonds is 3. The van der Waals surface area contributed by atoms with Crippen molar-refractivity contribution in [3.8, 4) is 0 Å². The number of piperidine rings is 1. The van der Waals surface area contributed by atoms with E-state index in [2.05, 4.69) is 10.6 Å². The molecule has 1 saturated heterocycles. The van der Waals surface area contributed by atoms with Gasteiger partial charge in [0.15, 0.2) is 0 Å². The minimum absolute atomic E-state index is 0.0240. The van der Waals surface area contributed by atoms with E-state index in [1.54, 1.807) is 0 Å². The van der Waals surface area contributed by atoms with Gasteiger partial charge < -0.3 is 10.6 Å². The number of amides is 1. The zero-order valence-corrected chi connectivity index (χ0v) is 10.7. The van der Waals surface area contributed by atoms with Gasteiger partial charge in [0.1, 0.15) is 0 Å². The Bertz CT molecular complexity index is 281. The van der Waals surface area contributed by atoms with Gasteiger partial charge in [0, 0.05) is 25.3 Å². The molecule has 1 heterocycles. The van der Waals surface area contributed by atoms with Crippen LogP contribution in [0.15, 0.2) is 0 Å². The lowest BCUT2D eigenvalue weighted by Gasteiger charge is -2.28. The van der Waals surface area contributed by atoms with Crippen LogP contribution in [0.25, 0.3) is 0 Å². The van der Waals surface area contributed by atoms with Crippen molar-refractivity contribution in [1.29, 1.82) is 0 Å². The van der Waals surface area contributed by atoms with Gasteiger partial charge in [0.2, 0.25) is 11.8 Å². The molecular formula is C13H22F2N2O. The van der Waals surface area contributed by atoms with Crippen molar-refractivity contribution in [1.82, 2.24) is 10.6 Å². The van der Waals surface area contributed by atoms with E-state index in [0.29, 0.717) is 25.3 Å². The first-order chi connectivity index (χ1) is 8.57. The molecule has 0 radical (unpaired) electrons. The predicted octanol–water partition coefficient (Wildman–Crippen LogP) is 1.93. The van der Waals surface area contributed by atoms with Crippen LogP contribution in [0.2, 0.25) is 0 Å². The fourth-order valence-corrected chi connectivity index (χ4v) is 2.78. The molecule has 1 aliphatic heterocycles. The van der Waals surface area contributed by atoms with Crippen molar-refractivity contribution in [2.45, 2.75) is 44.4 Å². The Balaban J connectivity index is 1.68. The number of hydrogen-bond donors (Lipinski definition) is 2. The van der Waals surface area contributed by atoms with Gasteiger partial charge in [0.25, 0.3) is 0 Å². The van der Waals surface area contributed by atoms with E-state index in [4.69, 9.17) is 0 Å². The fraction of sp³-hybridized carbons (Fsp3) is 0.923. The first-order valence-electron chi connectivity index (χ1n) is 6.93. The molecular weight excluding hydrogens is 238 g/mol. The van der Waals surface area contributed by atoms with Crippen LogP contribution in [0.3, 0.4) is 0 Å². The van der Waals surface area contributed by atoms with E-state index >= 15 is 0 Å². The molecule has 1 amide bonds. The minimum Gasteiger partial charge on any atom is -0.356 e. The van der Waals surface area contributed by atoms with Gasteiger partial charge in [0.05, 0.1) is 0 Å². The zero-order valence-electron chi connectivity index (χ0n) is 10.7. The van der Waals surface area contributed by atoms with Crippen LogP contribution in [0.5, 0.6) is 0 Å². The molecule has 104 valence electrons. The van der Waals surface area contributed by atoms with E-state index in [0.717, 1.165) is 25.9 Å². The summed E-state index contributed by atoms with van der Waals surface area (Å²) in [4.78, 5) is 11.9. The van der Waals surface area contributed by atoms with Crippen LogP contribution in [-0.2, 0) is 4.79 Å². The Kier molecular flexibility index (Phi) is 4.54. The first-order valence-corrected chi connectivity index (χ1v) is 6.93. The maximum absolute atomic E-state index is 13.0. The lowest BCUT2D eigenvalue weighted by atomic mass is 9.86. The Labute approximate surface area is 107 Å². The summed E-state index contributed by atoms with van der Waals surface area (Å²) in [7, 11) is 0. The molecule has 0 aromatic heterocycles. The van der Waals surface area contributed by atoms with Gasteiger partial charge >= 0.3 is 0 Å². The third-order valence-electron chi connectivity index (χ3n) is 4.11. The summed E-state index contributed by atoms with van der Waals surface area (Å²) in [6.45, 7) is 2.72. The molecule has 3 nitrogen and oxygen atoms in total. The van der Waals surface area contributed by atoms with E-state index in [-0.39, 0.29) is 24.7 Å². The fourth-order valence-electron chi connectivity index (χ4n) is 2.78. The Morgan fingerprint density at radius 2 is 1.78 bits per heavy atom. The molecule has 0 spiro atoms. The molecule has 2 aliphatic rings. The SMILES string of the molecule is O=C(NCC1CCNCC1)C1CCC(F)(F)CC1. The van der Waals surface area contributed by atoms with Crippen molar-refractivity contribution < 1.29 is 13.6 Å². The van der Waals surface area contributed by atoms with E-state index in [9.17, 15) is 13.6 Å². The van der Waals surface area contributed by atoms with Crippen molar-refractivity contribution in [3.63, 3.8) is 0 Å². The zero-order chi connectivity index (χ0) is 13.0. The Morgan fingerprint density at radius 1 is 1.17 bits per heavy atom. The van der Waals surface area contributed by atoms with Crippen molar-refractivity contribution in [3.05, 3.63) is 0 Å². The second-order valence-corrected chi connectivity index (χ2v) is 5.57. The van der Waals surface area contributed by atoms with E-state index in [1.807, 2.05) is 0 Å². The largest absolute Gasteiger partial charge is 0.356 e. The summed E-state index contributed by atoms with van der Waals surface area (Å²) >= 11 is 0. The molecule has 18 heavy (non-hydrogen) atoms. The molecule has 2 rings (SSSR count). The van der Waals surface area contributed by atoms with Crippen LogP contribution < -0.4 is 10.6 Å². The molecule has 2 N–H and O–H groups in total. The first kappa shape index (κ1) is 13.7. The molecule has 1 saturated carbocycles. The average molecular weight is 260 g/mol. The normalized spacial score (nSPS) is 25.9. The van der Waals surface area contributed by atoms with E-state index < -0.39 is 5.92 Å². The van der Waals surface area contributed by atoms with Crippen molar-refractivity contribution in [2.75, 3.05) is 19.6 Å². The second kappa shape index (κ2) is 5.95. The highest BCUT2D eigenvalue weighted by atomic mass is 19.3. The second-order valence-electron chi connectivity index (χ2n) is 5.57. The van der Waals surface area contributed by atoms with Crippen molar-refractivity contribution in [2.24, 2.45) is 11.8 Å². The summed E-state index contributed by atoms with van der Waals surface area (Å²) < 4.78 is 26.0. The number of hydrogen-bond acceptors (Lipinski definition) is 2. The Hall–Kier alpha value is -0.710. The molecule has 0 bridgehead atoms. The molecule has 1 aliphatic carbocycles. The molecule has 0 aromatic rings. The minimum atomic E-state index is -2.55. The smallest absolute Gasteiger partial charge is 0.248 e. The highest BCUT2D eigenvalue weighted by Gasteiger charge is 2.37. The van der Waals surface area contributed by atoms with Gasteiger partial charge in [-0.3, -0.25) is 4.79 Å². The third kappa shape index (κ3) is 3.90. The molecule has 0 unspecified atom stereocenters. The van der Waals surface area contributed by atoms with Gasteiger partial charge in [-0.15, -0.1) is 0 Å². The topological polar surface area (TPSA) is 41.1 Å². The summed E-state index contributed by atoms with van der Waals surface area (Å²) in [6.07, 6.45) is 2.54. The number of carbonyl (C=O) groups is 1. The number of alkyl halides is 2. The molecule has 2 fully saturated rings. The molecule has 0 atom stereocenters. The summed E-state index contributed by atoms with van der Waals surface area (Å²) in [5.74, 6) is -2.23. The van der Waals surface area contributed by atoms with Crippen LogP contribution in [0.1, 0.15) is 38.5 Å². The molecule has 0 aromatic carbocycles. The predicted molar refractivity (Wildman–Crippen MR) is 65.5 cm³/mol. The summed E-state index contributed by atoms with van der Waals surface area (Å²) in [6, 6.07) is 0. The number of nitrogens with one attached hydrogen (secondary N) is 2. The monoisotopic (exact) mass is 260 g/mol. The summed E-state index contributed by atoms with van der Waals surface area (Å²) in [5, 5.41) is 6.22. The lowest BCUT2D eigenvalue weighted by molar-refractivity contribution is -0.129. The van der Waals surface area contributed by atoms with E-state index in [1.165, 1.54) is 0 Å². The van der Waals surface area contributed by atoms with Crippen molar-refractivity contribution >= 4 is 5.91 Å². The lowest BCUT2D eigenvalue weighted by Crippen LogP contribution is -2.40. The maximum atomic E-state index is 13.0. The van der Waals surface area contributed by atoms with Gasteiger partial charge in [-0.05, 0) is 44.7 Å². The number of halogens is 2. The van der Waals surface area contributed by atoms with Gasteiger partial charge in [-0.2, -0.15) is 0 Å². The quantitative estimate of drug-likeness (QED) is 0.814.